The molecule has 1 aromatic carbocycles. The normalized spacial score (nSPS) is 11.5. The molecule has 0 saturated carbocycles. The Balaban J connectivity index is 3.12. The average Bonchev–Trinajstić information content (AvgIpc) is 2.68. The third-order valence-electron chi connectivity index (χ3n) is 4.18. The first-order valence-corrected chi connectivity index (χ1v) is 9.56. The summed E-state index contributed by atoms with van der Waals surface area (Å²) in [7, 11) is 1.19. The van der Waals surface area contributed by atoms with Crippen LogP contribution in [-0.4, -0.2) is 54.6 Å². The second kappa shape index (κ2) is 11.0. The van der Waals surface area contributed by atoms with E-state index < -0.39 is 42.1 Å². The van der Waals surface area contributed by atoms with Crippen molar-refractivity contribution >= 4 is 23.9 Å². The molecule has 0 aliphatic carbocycles. The molecule has 0 bridgehead atoms. The lowest BCUT2D eigenvalue weighted by Crippen LogP contribution is -2.46. The number of rotatable bonds is 7. The first-order chi connectivity index (χ1) is 14.4. The van der Waals surface area contributed by atoms with Crippen molar-refractivity contribution in [3.63, 3.8) is 0 Å². The molecular formula is C22H29N3O6. The molecular weight excluding hydrogens is 402 g/mol. The monoisotopic (exact) mass is 431 g/mol. The number of aryl methyl sites for hydroxylation is 2. The number of amides is 3. The van der Waals surface area contributed by atoms with Gasteiger partial charge in [-0.05, 0) is 51.3 Å². The van der Waals surface area contributed by atoms with Crippen molar-refractivity contribution in [3.05, 3.63) is 34.9 Å². The summed E-state index contributed by atoms with van der Waals surface area (Å²) in [5.74, 6) is -2.03. The molecule has 168 valence electrons. The Morgan fingerprint density at radius 3 is 2.26 bits per heavy atom. The Morgan fingerprint density at radius 2 is 1.74 bits per heavy atom. The van der Waals surface area contributed by atoms with Gasteiger partial charge in [0.05, 0.1) is 7.11 Å². The number of carbonyl (C=O) groups is 4. The number of terminal acetylenes is 1. The number of alkyl carbamates (subject to hydrolysis) is 1. The number of carbonyl (C=O) groups excluding carboxylic acids is 4. The van der Waals surface area contributed by atoms with Gasteiger partial charge < -0.3 is 20.1 Å². The van der Waals surface area contributed by atoms with E-state index in [1.54, 1.807) is 39.0 Å². The van der Waals surface area contributed by atoms with Crippen LogP contribution in [0.15, 0.2) is 18.2 Å². The molecule has 9 heteroatoms. The van der Waals surface area contributed by atoms with Gasteiger partial charge in [0.2, 0.25) is 5.91 Å². The van der Waals surface area contributed by atoms with E-state index in [1.807, 2.05) is 13.8 Å². The molecule has 0 aromatic heterocycles. The Hall–Kier alpha value is -3.54. The summed E-state index contributed by atoms with van der Waals surface area (Å²) >= 11 is 0. The fourth-order valence-corrected chi connectivity index (χ4v) is 2.52. The maximum absolute atomic E-state index is 12.9. The van der Waals surface area contributed by atoms with E-state index in [1.165, 1.54) is 7.11 Å². The van der Waals surface area contributed by atoms with Gasteiger partial charge in [-0.1, -0.05) is 24.6 Å². The van der Waals surface area contributed by atoms with Crippen LogP contribution in [0.1, 0.15) is 43.5 Å². The van der Waals surface area contributed by atoms with Gasteiger partial charge in [-0.25, -0.2) is 4.79 Å². The van der Waals surface area contributed by atoms with E-state index in [9.17, 15) is 19.2 Å². The predicted molar refractivity (Wildman–Crippen MR) is 114 cm³/mol. The molecule has 31 heavy (non-hydrogen) atoms. The third kappa shape index (κ3) is 8.01. The second-order valence-corrected chi connectivity index (χ2v) is 7.79. The van der Waals surface area contributed by atoms with Crippen LogP contribution in [0.25, 0.3) is 0 Å². The molecule has 3 amide bonds. The summed E-state index contributed by atoms with van der Waals surface area (Å²) in [6.07, 6.45) is 4.75. The van der Waals surface area contributed by atoms with Gasteiger partial charge in [0, 0.05) is 6.04 Å². The number of benzene rings is 1. The standard InChI is InChI=1S/C22H29N3O6/c1-8-25(17(26)12-24-21(29)31-22(4,5)6)19(20(28)23-13-18(27)30-7)16-10-9-14(2)15(3)11-16/h1,9-11,19H,12-13H2,2-7H3,(H,23,28)(H,24,29). The van der Waals surface area contributed by atoms with Crippen molar-refractivity contribution < 1.29 is 28.7 Å². The zero-order valence-electron chi connectivity index (χ0n) is 18.7. The van der Waals surface area contributed by atoms with E-state index in [0.717, 1.165) is 16.0 Å². The first-order valence-electron chi connectivity index (χ1n) is 9.56. The Labute approximate surface area is 182 Å². The van der Waals surface area contributed by atoms with E-state index in [-0.39, 0.29) is 6.54 Å². The van der Waals surface area contributed by atoms with E-state index in [2.05, 4.69) is 21.4 Å². The lowest BCUT2D eigenvalue weighted by Gasteiger charge is -2.27. The van der Waals surface area contributed by atoms with Crippen molar-refractivity contribution in [3.8, 4) is 12.5 Å². The molecule has 2 N–H and O–H groups in total. The summed E-state index contributed by atoms with van der Waals surface area (Å²) in [6, 6.07) is 6.18. The van der Waals surface area contributed by atoms with Crippen molar-refractivity contribution in [1.82, 2.24) is 15.5 Å². The van der Waals surface area contributed by atoms with Crippen molar-refractivity contribution in [2.24, 2.45) is 0 Å². The highest BCUT2D eigenvalue weighted by atomic mass is 16.6. The first kappa shape index (κ1) is 25.5. The highest BCUT2D eigenvalue weighted by Gasteiger charge is 2.31. The summed E-state index contributed by atoms with van der Waals surface area (Å²) in [5, 5.41) is 4.74. The minimum absolute atomic E-state index is 0.389. The number of hydrogen-bond donors (Lipinski definition) is 2. The minimum Gasteiger partial charge on any atom is -0.468 e. The fourth-order valence-electron chi connectivity index (χ4n) is 2.52. The van der Waals surface area contributed by atoms with Crippen LogP contribution in [0.3, 0.4) is 0 Å². The van der Waals surface area contributed by atoms with Crippen LogP contribution in [0.5, 0.6) is 0 Å². The summed E-state index contributed by atoms with van der Waals surface area (Å²) in [4.78, 5) is 49.8. The van der Waals surface area contributed by atoms with Gasteiger partial charge in [0.1, 0.15) is 24.7 Å². The third-order valence-corrected chi connectivity index (χ3v) is 4.18. The number of hydrogen-bond acceptors (Lipinski definition) is 6. The van der Waals surface area contributed by atoms with Gasteiger partial charge in [-0.2, -0.15) is 0 Å². The number of nitrogens with one attached hydrogen (secondary N) is 2. The molecule has 0 spiro atoms. The highest BCUT2D eigenvalue weighted by Crippen LogP contribution is 2.23. The molecule has 0 heterocycles. The Morgan fingerprint density at radius 1 is 1.10 bits per heavy atom. The van der Waals surface area contributed by atoms with Gasteiger partial charge in [-0.3, -0.25) is 19.3 Å². The zero-order chi connectivity index (χ0) is 23.8. The van der Waals surface area contributed by atoms with Crippen LogP contribution in [0.2, 0.25) is 0 Å². The molecule has 0 saturated heterocycles. The molecule has 0 aliphatic rings. The van der Waals surface area contributed by atoms with Crippen molar-refractivity contribution in [2.75, 3.05) is 20.2 Å². The maximum atomic E-state index is 12.9. The van der Waals surface area contributed by atoms with Gasteiger partial charge >= 0.3 is 12.1 Å². The van der Waals surface area contributed by atoms with E-state index >= 15 is 0 Å². The molecule has 0 fully saturated rings. The average molecular weight is 431 g/mol. The summed E-state index contributed by atoms with van der Waals surface area (Å²) in [6.45, 7) is 7.94. The largest absolute Gasteiger partial charge is 0.468 e. The molecule has 0 aliphatic heterocycles. The molecule has 9 nitrogen and oxygen atoms in total. The summed E-state index contributed by atoms with van der Waals surface area (Å²) < 4.78 is 9.62. The molecule has 1 unspecified atom stereocenters. The summed E-state index contributed by atoms with van der Waals surface area (Å²) in [5.41, 5.74) is 1.59. The second-order valence-electron chi connectivity index (χ2n) is 7.79. The Bertz CT molecular complexity index is 882. The molecule has 1 atom stereocenters. The predicted octanol–water partition coefficient (Wildman–Crippen LogP) is 1.58. The fraction of sp³-hybridized carbons (Fsp3) is 0.455. The van der Waals surface area contributed by atoms with Crippen molar-refractivity contribution in [1.29, 1.82) is 0 Å². The van der Waals surface area contributed by atoms with Gasteiger partial charge in [0.25, 0.3) is 5.91 Å². The number of nitrogens with zero attached hydrogens (tertiary/aromatic N) is 1. The van der Waals surface area contributed by atoms with Crippen molar-refractivity contribution in [2.45, 2.75) is 46.3 Å². The molecule has 1 rings (SSSR count). The van der Waals surface area contributed by atoms with Crippen LogP contribution in [0.4, 0.5) is 4.79 Å². The highest BCUT2D eigenvalue weighted by molar-refractivity contribution is 5.92. The van der Waals surface area contributed by atoms with Crippen LogP contribution in [0, 0.1) is 26.3 Å². The van der Waals surface area contributed by atoms with E-state index in [4.69, 9.17) is 11.2 Å². The molecule has 1 aromatic rings. The molecule has 0 radical (unpaired) electrons. The zero-order valence-corrected chi connectivity index (χ0v) is 18.7. The smallest absolute Gasteiger partial charge is 0.408 e. The lowest BCUT2D eigenvalue weighted by atomic mass is 9.99. The van der Waals surface area contributed by atoms with E-state index in [0.29, 0.717) is 5.56 Å². The maximum Gasteiger partial charge on any atom is 0.408 e. The minimum atomic E-state index is -1.22. The van der Waals surface area contributed by atoms with Crippen LogP contribution < -0.4 is 10.6 Å². The quantitative estimate of drug-likeness (QED) is 0.385. The van der Waals surface area contributed by atoms with Crippen LogP contribution in [-0.2, 0) is 23.9 Å². The number of esters is 1. The SMILES string of the molecule is C#CN(C(=O)CNC(=O)OC(C)(C)C)C(C(=O)NCC(=O)OC)c1ccc(C)c(C)c1. The van der Waals surface area contributed by atoms with Gasteiger partial charge in [0.15, 0.2) is 0 Å². The van der Waals surface area contributed by atoms with Gasteiger partial charge in [-0.15, -0.1) is 0 Å². The number of methoxy groups -OCH3 is 1. The van der Waals surface area contributed by atoms with Crippen LogP contribution >= 0.6 is 0 Å². The lowest BCUT2D eigenvalue weighted by molar-refractivity contribution is -0.142. The Kier molecular flexibility index (Phi) is 9.06. The topological polar surface area (TPSA) is 114 Å². The number of ether oxygens (including phenoxy) is 2.